The number of rotatable bonds is 6. The number of nitrogens with one attached hydrogen (secondary N) is 1. The largest absolute Gasteiger partial charge is 0.494 e. The Morgan fingerprint density at radius 3 is 2.48 bits per heavy atom. The van der Waals surface area contributed by atoms with Gasteiger partial charge in [-0.05, 0) is 44.0 Å². The van der Waals surface area contributed by atoms with E-state index in [0.29, 0.717) is 16.8 Å². The minimum absolute atomic E-state index is 0.0987. The smallest absolute Gasteiger partial charge is 0.355 e. The summed E-state index contributed by atoms with van der Waals surface area (Å²) < 4.78 is 28.7. The Labute approximate surface area is 144 Å². The molecule has 1 heterocycles. The zero-order valence-electron chi connectivity index (χ0n) is 14.6. The first-order valence-electron chi connectivity index (χ1n) is 7.74. The van der Waals surface area contributed by atoms with E-state index in [9.17, 15) is 14.0 Å². The predicted molar refractivity (Wildman–Crippen MR) is 88.3 cm³/mol. The van der Waals surface area contributed by atoms with Crippen LogP contribution in [0.1, 0.15) is 44.6 Å². The van der Waals surface area contributed by atoms with Crippen molar-refractivity contribution < 1.29 is 28.2 Å². The lowest BCUT2D eigenvalue weighted by molar-refractivity contribution is 0.0470. The van der Waals surface area contributed by atoms with Crippen LogP contribution in [0, 0.1) is 19.7 Å². The average molecular weight is 349 g/mol. The summed E-state index contributed by atoms with van der Waals surface area (Å²) in [6, 6.07) is 4.31. The van der Waals surface area contributed by atoms with Gasteiger partial charge in [-0.1, -0.05) is 6.07 Å². The molecule has 0 aliphatic heterocycles. The van der Waals surface area contributed by atoms with E-state index in [2.05, 4.69) is 4.98 Å². The van der Waals surface area contributed by atoms with Crippen molar-refractivity contribution in [3.8, 4) is 5.75 Å². The summed E-state index contributed by atoms with van der Waals surface area (Å²) in [6.07, 6.45) is 0. The van der Waals surface area contributed by atoms with Crippen LogP contribution in [0.5, 0.6) is 5.75 Å². The molecule has 0 saturated heterocycles. The SMILES string of the molecule is CCOC(=O)c1[nH]c(C)c(C(=O)OCc2ccc(OC)c(F)c2)c1C. The van der Waals surface area contributed by atoms with Crippen LogP contribution in [0.15, 0.2) is 18.2 Å². The van der Waals surface area contributed by atoms with E-state index in [1.54, 1.807) is 26.8 Å². The number of halogens is 1. The number of aryl methyl sites for hydroxylation is 1. The third-order valence-corrected chi connectivity index (χ3v) is 3.71. The molecule has 0 aliphatic rings. The van der Waals surface area contributed by atoms with Crippen molar-refractivity contribution in [1.29, 1.82) is 0 Å². The number of carbonyl (C=O) groups excluding carboxylic acids is 2. The lowest BCUT2D eigenvalue weighted by atomic mass is 10.1. The van der Waals surface area contributed by atoms with Gasteiger partial charge in [-0.25, -0.2) is 14.0 Å². The van der Waals surface area contributed by atoms with Gasteiger partial charge >= 0.3 is 11.9 Å². The Bertz CT molecular complexity index is 797. The monoisotopic (exact) mass is 349 g/mol. The maximum absolute atomic E-state index is 13.7. The van der Waals surface area contributed by atoms with Gasteiger partial charge in [-0.2, -0.15) is 0 Å². The Hall–Kier alpha value is -2.83. The molecule has 0 saturated carbocycles. The number of esters is 2. The standard InChI is InChI=1S/C18H20FNO5/c1-5-24-18(22)16-10(2)15(11(3)20-16)17(21)25-9-12-6-7-14(23-4)13(19)8-12/h6-8,20H,5,9H2,1-4H3. The van der Waals surface area contributed by atoms with Gasteiger partial charge in [-0.15, -0.1) is 0 Å². The fourth-order valence-electron chi connectivity index (χ4n) is 2.48. The molecule has 6 nitrogen and oxygen atoms in total. The second kappa shape index (κ2) is 7.83. The van der Waals surface area contributed by atoms with Crippen LogP contribution in [0.4, 0.5) is 4.39 Å². The van der Waals surface area contributed by atoms with Crippen LogP contribution < -0.4 is 4.74 Å². The lowest BCUT2D eigenvalue weighted by Crippen LogP contribution is -2.09. The van der Waals surface area contributed by atoms with Gasteiger partial charge in [0.2, 0.25) is 0 Å². The number of hydrogen-bond donors (Lipinski definition) is 1. The third-order valence-electron chi connectivity index (χ3n) is 3.71. The van der Waals surface area contributed by atoms with Crippen LogP contribution in [0.3, 0.4) is 0 Å². The van der Waals surface area contributed by atoms with Gasteiger partial charge in [0.1, 0.15) is 12.3 Å². The van der Waals surface area contributed by atoms with Gasteiger partial charge in [0.15, 0.2) is 11.6 Å². The number of methoxy groups -OCH3 is 1. The van der Waals surface area contributed by atoms with Crippen LogP contribution >= 0.6 is 0 Å². The Kier molecular flexibility index (Phi) is 5.80. The molecular weight excluding hydrogens is 329 g/mol. The molecule has 0 aliphatic carbocycles. The van der Waals surface area contributed by atoms with Crippen LogP contribution in [-0.2, 0) is 16.1 Å². The van der Waals surface area contributed by atoms with E-state index in [1.165, 1.54) is 19.2 Å². The normalized spacial score (nSPS) is 10.4. The lowest BCUT2D eigenvalue weighted by Gasteiger charge is -2.07. The first kappa shape index (κ1) is 18.5. The molecule has 1 aromatic carbocycles. The van der Waals surface area contributed by atoms with E-state index in [0.717, 1.165) is 0 Å². The van der Waals surface area contributed by atoms with Crippen LogP contribution in [-0.4, -0.2) is 30.6 Å². The number of benzene rings is 1. The molecule has 0 unspecified atom stereocenters. The molecule has 0 bridgehead atoms. The molecule has 1 aromatic heterocycles. The number of aromatic amines is 1. The van der Waals surface area contributed by atoms with E-state index in [-0.39, 0.29) is 30.2 Å². The maximum atomic E-state index is 13.7. The Morgan fingerprint density at radius 1 is 1.16 bits per heavy atom. The fraction of sp³-hybridized carbons (Fsp3) is 0.333. The maximum Gasteiger partial charge on any atom is 0.355 e. The summed E-state index contributed by atoms with van der Waals surface area (Å²) in [5.41, 5.74) is 1.95. The summed E-state index contributed by atoms with van der Waals surface area (Å²) >= 11 is 0. The van der Waals surface area contributed by atoms with Crippen molar-refractivity contribution in [3.63, 3.8) is 0 Å². The molecular formula is C18H20FNO5. The molecule has 2 aromatic rings. The molecule has 2 rings (SSSR count). The van der Waals surface area contributed by atoms with Crippen LogP contribution in [0.2, 0.25) is 0 Å². The predicted octanol–water partition coefficient (Wildman–Crippen LogP) is 3.31. The molecule has 7 heteroatoms. The summed E-state index contributed by atoms with van der Waals surface area (Å²) in [6.45, 7) is 5.14. The summed E-state index contributed by atoms with van der Waals surface area (Å²) in [7, 11) is 1.37. The van der Waals surface area contributed by atoms with Crippen molar-refractivity contribution in [2.24, 2.45) is 0 Å². The van der Waals surface area contributed by atoms with Crippen molar-refractivity contribution >= 4 is 11.9 Å². The van der Waals surface area contributed by atoms with Gasteiger partial charge in [0.05, 0.1) is 19.3 Å². The molecule has 0 fully saturated rings. The van der Waals surface area contributed by atoms with E-state index < -0.39 is 17.8 Å². The second-order valence-electron chi connectivity index (χ2n) is 5.39. The summed E-state index contributed by atoms with van der Waals surface area (Å²) in [5, 5.41) is 0. The average Bonchev–Trinajstić information content (AvgIpc) is 2.87. The minimum atomic E-state index is -0.599. The van der Waals surface area contributed by atoms with Crippen molar-refractivity contribution in [2.45, 2.75) is 27.4 Å². The Morgan fingerprint density at radius 2 is 1.88 bits per heavy atom. The van der Waals surface area contributed by atoms with Crippen molar-refractivity contribution in [1.82, 2.24) is 4.98 Å². The summed E-state index contributed by atoms with van der Waals surface area (Å²) in [5.74, 6) is -1.54. The van der Waals surface area contributed by atoms with Gasteiger partial charge in [0, 0.05) is 5.69 Å². The minimum Gasteiger partial charge on any atom is -0.494 e. The Balaban J connectivity index is 2.13. The highest BCUT2D eigenvalue weighted by Crippen LogP contribution is 2.22. The molecule has 1 N–H and O–H groups in total. The molecule has 134 valence electrons. The molecule has 0 amide bonds. The molecule has 0 radical (unpaired) electrons. The number of carbonyl (C=O) groups is 2. The molecule has 0 atom stereocenters. The van der Waals surface area contributed by atoms with E-state index in [4.69, 9.17) is 14.2 Å². The van der Waals surface area contributed by atoms with E-state index in [1.807, 2.05) is 0 Å². The highest BCUT2D eigenvalue weighted by molar-refractivity contribution is 5.98. The zero-order valence-corrected chi connectivity index (χ0v) is 14.6. The van der Waals surface area contributed by atoms with Gasteiger partial charge < -0.3 is 19.2 Å². The first-order valence-corrected chi connectivity index (χ1v) is 7.74. The zero-order chi connectivity index (χ0) is 18.6. The first-order chi connectivity index (χ1) is 11.9. The quantitative estimate of drug-likeness (QED) is 0.810. The van der Waals surface area contributed by atoms with Gasteiger partial charge in [-0.3, -0.25) is 0 Å². The molecule has 0 spiro atoms. The fourth-order valence-corrected chi connectivity index (χ4v) is 2.48. The highest BCUT2D eigenvalue weighted by Gasteiger charge is 2.23. The summed E-state index contributed by atoms with van der Waals surface area (Å²) in [4.78, 5) is 27.1. The van der Waals surface area contributed by atoms with Crippen molar-refractivity contribution in [3.05, 3.63) is 52.1 Å². The number of hydrogen-bond acceptors (Lipinski definition) is 5. The molecule has 25 heavy (non-hydrogen) atoms. The van der Waals surface area contributed by atoms with E-state index >= 15 is 0 Å². The van der Waals surface area contributed by atoms with Crippen LogP contribution in [0.25, 0.3) is 0 Å². The highest BCUT2D eigenvalue weighted by atomic mass is 19.1. The number of H-pyrrole nitrogens is 1. The number of ether oxygens (including phenoxy) is 3. The number of aromatic nitrogens is 1. The van der Waals surface area contributed by atoms with Crippen molar-refractivity contribution in [2.75, 3.05) is 13.7 Å². The third kappa shape index (κ3) is 3.99. The second-order valence-corrected chi connectivity index (χ2v) is 5.39. The van der Waals surface area contributed by atoms with Gasteiger partial charge in [0.25, 0.3) is 0 Å². The topological polar surface area (TPSA) is 77.6 Å².